The predicted molar refractivity (Wildman–Crippen MR) is 83.2 cm³/mol. The first kappa shape index (κ1) is 14.5. The number of unbranched alkanes of at least 4 members (excludes halogenated alkanes) is 1. The fourth-order valence-corrected chi connectivity index (χ4v) is 2.24. The molecule has 20 heavy (non-hydrogen) atoms. The molecule has 0 amide bonds. The molecule has 0 spiro atoms. The summed E-state index contributed by atoms with van der Waals surface area (Å²) in [6, 6.07) is 14.0. The summed E-state index contributed by atoms with van der Waals surface area (Å²) in [6.07, 6.45) is 3.47. The lowest BCUT2D eigenvalue weighted by Gasteiger charge is -2.26. The van der Waals surface area contributed by atoms with Gasteiger partial charge in [-0.15, -0.1) is 0 Å². The molecule has 0 aliphatic rings. The summed E-state index contributed by atoms with van der Waals surface area (Å²) in [6.45, 7) is 4.86. The van der Waals surface area contributed by atoms with Crippen molar-refractivity contribution in [2.24, 2.45) is 0 Å². The van der Waals surface area contributed by atoms with E-state index in [1.807, 2.05) is 30.3 Å². The molecule has 0 saturated carbocycles. The maximum Gasteiger partial charge on any atom is 0.138 e. The van der Waals surface area contributed by atoms with Crippen LogP contribution in [0.3, 0.4) is 0 Å². The number of anilines is 2. The van der Waals surface area contributed by atoms with E-state index in [1.165, 1.54) is 0 Å². The van der Waals surface area contributed by atoms with E-state index in [-0.39, 0.29) is 0 Å². The van der Waals surface area contributed by atoms with Gasteiger partial charge in [-0.1, -0.05) is 37.6 Å². The number of nitrogens with zero attached hydrogens (tertiary/aromatic N) is 2. The summed E-state index contributed by atoms with van der Waals surface area (Å²) in [5.41, 5.74) is 1.98. The minimum atomic E-state index is -0.522. The monoisotopic (exact) mass is 270 g/mol. The van der Waals surface area contributed by atoms with Crippen LogP contribution in [0.1, 0.15) is 38.4 Å². The Morgan fingerprint density at radius 1 is 1.15 bits per heavy atom. The van der Waals surface area contributed by atoms with Crippen molar-refractivity contribution in [1.82, 2.24) is 4.98 Å². The second-order valence-corrected chi connectivity index (χ2v) is 4.93. The van der Waals surface area contributed by atoms with E-state index in [4.69, 9.17) is 0 Å². The Morgan fingerprint density at radius 3 is 2.55 bits per heavy atom. The molecule has 0 aliphatic carbocycles. The largest absolute Gasteiger partial charge is 0.389 e. The van der Waals surface area contributed by atoms with Gasteiger partial charge in [0.15, 0.2) is 0 Å². The smallest absolute Gasteiger partial charge is 0.138 e. The highest BCUT2D eigenvalue weighted by Crippen LogP contribution is 2.30. The molecule has 2 rings (SSSR count). The molecule has 3 heteroatoms. The van der Waals surface area contributed by atoms with Gasteiger partial charge in [-0.25, -0.2) is 4.98 Å². The number of pyridine rings is 1. The molecule has 1 aromatic carbocycles. The highest BCUT2D eigenvalue weighted by molar-refractivity contribution is 5.63. The van der Waals surface area contributed by atoms with Crippen LogP contribution in [0.2, 0.25) is 0 Å². The highest BCUT2D eigenvalue weighted by atomic mass is 16.3. The molecule has 0 unspecified atom stereocenters. The van der Waals surface area contributed by atoms with E-state index in [0.717, 1.165) is 36.5 Å². The first-order valence-electron chi connectivity index (χ1n) is 7.19. The lowest BCUT2D eigenvalue weighted by atomic mass is 10.1. The summed E-state index contributed by atoms with van der Waals surface area (Å²) in [5, 5.41) is 9.96. The molecule has 0 radical (unpaired) electrons. The highest BCUT2D eigenvalue weighted by Gasteiger charge is 2.16. The van der Waals surface area contributed by atoms with Crippen molar-refractivity contribution in [2.75, 3.05) is 11.4 Å². The number of aliphatic hydroxyl groups excluding tert-OH is 1. The number of para-hydroxylation sites is 1. The Morgan fingerprint density at radius 2 is 1.90 bits per heavy atom. The maximum atomic E-state index is 9.96. The van der Waals surface area contributed by atoms with E-state index in [2.05, 4.69) is 28.9 Å². The van der Waals surface area contributed by atoms with Crippen LogP contribution in [-0.4, -0.2) is 16.6 Å². The molecule has 1 heterocycles. The third-order valence-electron chi connectivity index (χ3n) is 3.33. The van der Waals surface area contributed by atoms with E-state index in [1.54, 1.807) is 13.1 Å². The van der Waals surface area contributed by atoms with Gasteiger partial charge in [-0.3, -0.25) is 0 Å². The molecule has 0 bridgehead atoms. The third kappa shape index (κ3) is 3.36. The number of aliphatic hydroxyl groups is 1. The van der Waals surface area contributed by atoms with Gasteiger partial charge in [0.25, 0.3) is 0 Å². The van der Waals surface area contributed by atoms with E-state index >= 15 is 0 Å². The van der Waals surface area contributed by atoms with Crippen molar-refractivity contribution in [2.45, 2.75) is 32.8 Å². The van der Waals surface area contributed by atoms with Crippen LogP contribution >= 0.6 is 0 Å². The number of hydrogen-bond donors (Lipinski definition) is 1. The van der Waals surface area contributed by atoms with Gasteiger partial charge in [-0.05, 0) is 31.5 Å². The van der Waals surface area contributed by atoms with Crippen LogP contribution in [0.5, 0.6) is 0 Å². The van der Waals surface area contributed by atoms with Crippen LogP contribution in [-0.2, 0) is 0 Å². The fourth-order valence-electron chi connectivity index (χ4n) is 2.24. The number of hydrogen-bond acceptors (Lipinski definition) is 3. The zero-order chi connectivity index (χ0) is 14.4. The van der Waals surface area contributed by atoms with Crippen molar-refractivity contribution in [3.63, 3.8) is 0 Å². The van der Waals surface area contributed by atoms with Crippen LogP contribution in [0.25, 0.3) is 0 Å². The molecule has 1 aromatic heterocycles. The Kier molecular flexibility index (Phi) is 5.13. The molecule has 1 atom stereocenters. The Labute approximate surface area is 120 Å². The van der Waals surface area contributed by atoms with Crippen molar-refractivity contribution < 1.29 is 5.11 Å². The van der Waals surface area contributed by atoms with Gasteiger partial charge >= 0.3 is 0 Å². The summed E-state index contributed by atoms with van der Waals surface area (Å²) in [5.74, 6) is 0.849. The predicted octanol–water partition coefficient (Wildman–Crippen LogP) is 4.07. The van der Waals surface area contributed by atoms with Crippen molar-refractivity contribution in [1.29, 1.82) is 0 Å². The molecule has 106 valence electrons. The molecule has 1 N–H and O–H groups in total. The van der Waals surface area contributed by atoms with Crippen LogP contribution in [0.15, 0.2) is 48.7 Å². The second kappa shape index (κ2) is 7.06. The lowest BCUT2D eigenvalue weighted by Crippen LogP contribution is -2.21. The fraction of sp³-hybridized carbons (Fsp3) is 0.353. The van der Waals surface area contributed by atoms with Gasteiger partial charge < -0.3 is 10.0 Å². The number of benzene rings is 1. The van der Waals surface area contributed by atoms with Crippen LogP contribution in [0.4, 0.5) is 11.5 Å². The quantitative estimate of drug-likeness (QED) is 0.859. The van der Waals surface area contributed by atoms with Crippen LogP contribution < -0.4 is 4.90 Å². The number of aromatic nitrogens is 1. The SMILES string of the molecule is CCCCN(c1ccccc1)c1ncccc1[C@@H](C)O. The van der Waals surface area contributed by atoms with E-state index < -0.39 is 6.10 Å². The Balaban J connectivity index is 2.41. The first-order valence-corrected chi connectivity index (χ1v) is 7.19. The minimum Gasteiger partial charge on any atom is -0.389 e. The summed E-state index contributed by atoms with van der Waals surface area (Å²) in [7, 11) is 0. The topological polar surface area (TPSA) is 36.4 Å². The summed E-state index contributed by atoms with van der Waals surface area (Å²) in [4.78, 5) is 6.68. The Hall–Kier alpha value is -1.87. The van der Waals surface area contributed by atoms with Gasteiger partial charge in [0.2, 0.25) is 0 Å². The standard InChI is InChI=1S/C17H22N2O/c1-3-4-13-19(15-9-6-5-7-10-15)17-16(14(2)20)11-8-12-18-17/h5-12,14,20H,3-4,13H2,1-2H3/t14-/m1/s1. The van der Waals surface area contributed by atoms with Crippen molar-refractivity contribution in [3.8, 4) is 0 Å². The first-order chi connectivity index (χ1) is 9.74. The van der Waals surface area contributed by atoms with Crippen molar-refractivity contribution >= 4 is 11.5 Å². The maximum absolute atomic E-state index is 9.96. The Bertz CT molecular complexity index is 526. The molecule has 0 fully saturated rings. The molecular weight excluding hydrogens is 248 g/mol. The minimum absolute atomic E-state index is 0.522. The van der Waals surface area contributed by atoms with E-state index in [9.17, 15) is 5.11 Å². The summed E-state index contributed by atoms with van der Waals surface area (Å²) >= 11 is 0. The molecule has 3 nitrogen and oxygen atoms in total. The molecular formula is C17H22N2O. The van der Waals surface area contributed by atoms with Gasteiger partial charge in [-0.2, -0.15) is 0 Å². The zero-order valence-corrected chi connectivity index (χ0v) is 12.2. The second-order valence-electron chi connectivity index (χ2n) is 4.93. The lowest BCUT2D eigenvalue weighted by molar-refractivity contribution is 0.199. The molecule has 0 saturated heterocycles. The van der Waals surface area contributed by atoms with Crippen molar-refractivity contribution in [3.05, 3.63) is 54.2 Å². The molecule has 0 aliphatic heterocycles. The average Bonchev–Trinajstić information content (AvgIpc) is 2.49. The van der Waals surface area contributed by atoms with Gasteiger partial charge in [0.1, 0.15) is 5.82 Å². The van der Waals surface area contributed by atoms with Gasteiger partial charge in [0, 0.05) is 24.0 Å². The van der Waals surface area contributed by atoms with Gasteiger partial charge in [0.05, 0.1) is 6.10 Å². The number of rotatable bonds is 6. The van der Waals surface area contributed by atoms with E-state index in [0.29, 0.717) is 0 Å². The van der Waals surface area contributed by atoms with Crippen LogP contribution in [0, 0.1) is 0 Å². The zero-order valence-electron chi connectivity index (χ0n) is 12.2. The summed E-state index contributed by atoms with van der Waals surface area (Å²) < 4.78 is 0. The third-order valence-corrected chi connectivity index (χ3v) is 3.33. The average molecular weight is 270 g/mol. The molecule has 2 aromatic rings. The normalized spacial score (nSPS) is 12.2.